The van der Waals surface area contributed by atoms with Crippen LogP contribution >= 0.6 is 0 Å². The van der Waals surface area contributed by atoms with Gasteiger partial charge in [-0.3, -0.25) is 4.79 Å². The van der Waals surface area contributed by atoms with Crippen molar-refractivity contribution in [1.82, 2.24) is 14.9 Å². The molecule has 122 valence electrons. The topological polar surface area (TPSA) is 46.9 Å². The maximum Gasteiger partial charge on any atom is 0.269 e. The fraction of sp³-hybridized carbons (Fsp3) is 0.667. The van der Waals surface area contributed by atoms with Crippen LogP contribution in [0.2, 0.25) is 0 Å². The number of nitrogens with one attached hydrogen (secondary N) is 1. The molecule has 0 aliphatic heterocycles. The van der Waals surface area contributed by atoms with Crippen molar-refractivity contribution in [1.29, 1.82) is 0 Å². The smallest absolute Gasteiger partial charge is 0.269 e. The second kappa shape index (κ2) is 8.76. The van der Waals surface area contributed by atoms with Crippen LogP contribution in [0.15, 0.2) is 18.3 Å². The van der Waals surface area contributed by atoms with Gasteiger partial charge in [-0.1, -0.05) is 38.3 Å². The van der Waals surface area contributed by atoms with Gasteiger partial charge in [-0.05, 0) is 32.1 Å². The van der Waals surface area contributed by atoms with E-state index in [1.165, 1.54) is 12.8 Å². The van der Waals surface area contributed by atoms with Gasteiger partial charge in [0.15, 0.2) is 0 Å². The monoisotopic (exact) mass is 303 g/mol. The van der Waals surface area contributed by atoms with Crippen LogP contribution < -0.4 is 5.32 Å². The second-order valence-corrected chi connectivity index (χ2v) is 6.16. The summed E-state index contributed by atoms with van der Waals surface area (Å²) >= 11 is 0. The van der Waals surface area contributed by atoms with E-state index in [0.717, 1.165) is 56.9 Å². The van der Waals surface area contributed by atoms with Gasteiger partial charge in [0, 0.05) is 19.5 Å². The van der Waals surface area contributed by atoms with Crippen LogP contribution in [0.3, 0.4) is 0 Å². The maximum absolute atomic E-state index is 12.4. The molecule has 4 nitrogen and oxygen atoms in total. The number of hydrogen-bond donors (Lipinski definition) is 1. The fourth-order valence-electron chi connectivity index (χ4n) is 2.64. The summed E-state index contributed by atoms with van der Waals surface area (Å²) in [5.74, 6) is 1.91. The zero-order chi connectivity index (χ0) is 15.8. The van der Waals surface area contributed by atoms with E-state index in [0.29, 0.717) is 5.69 Å². The van der Waals surface area contributed by atoms with Crippen LogP contribution in [0.1, 0.15) is 68.7 Å². The van der Waals surface area contributed by atoms with Gasteiger partial charge in [-0.2, -0.15) is 0 Å². The molecule has 1 aromatic rings. The molecule has 0 saturated heterocycles. The number of carbonyl (C=O) groups excluding carboxylic acids is 1. The number of aryl methyl sites for hydroxylation is 1. The molecular weight excluding hydrogens is 274 g/mol. The van der Waals surface area contributed by atoms with E-state index in [9.17, 15) is 4.79 Å². The number of hydrogen-bond acceptors (Lipinski definition) is 2. The van der Waals surface area contributed by atoms with Crippen LogP contribution in [0, 0.1) is 5.92 Å². The lowest BCUT2D eigenvalue weighted by molar-refractivity contribution is 0.0943. The summed E-state index contributed by atoms with van der Waals surface area (Å²) in [5.41, 5.74) is 0.714. The Hall–Kier alpha value is -1.58. The Morgan fingerprint density at radius 3 is 3.00 bits per heavy atom. The first-order valence-corrected chi connectivity index (χ1v) is 8.70. The molecule has 1 fully saturated rings. The quantitative estimate of drug-likeness (QED) is 0.670. The van der Waals surface area contributed by atoms with Crippen molar-refractivity contribution in [3.8, 4) is 0 Å². The number of unbranched alkanes of at least 4 members (excludes halogenated alkanes) is 1. The van der Waals surface area contributed by atoms with Crippen molar-refractivity contribution >= 4 is 5.91 Å². The van der Waals surface area contributed by atoms with E-state index >= 15 is 0 Å². The summed E-state index contributed by atoms with van der Waals surface area (Å²) in [4.78, 5) is 16.9. The van der Waals surface area contributed by atoms with Crippen LogP contribution in [0.25, 0.3) is 0 Å². The van der Waals surface area contributed by atoms with Gasteiger partial charge in [0.05, 0.1) is 6.20 Å². The molecule has 1 amide bonds. The predicted molar refractivity (Wildman–Crippen MR) is 89.9 cm³/mol. The Balaban J connectivity index is 1.99. The molecule has 0 bridgehead atoms. The third-order valence-corrected chi connectivity index (χ3v) is 4.21. The van der Waals surface area contributed by atoms with E-state index in [1.54, 1.807) is 6.20 Å². The summed E-state index contributed by atoms with van der Waals surface area (Å²) in [7, 11) is 0. The number of allylic oxidation sites excluding steroid dienone is 2. The third-order valence-electron chi connectivity index (χ3n) is 4.21. The summed E-state index contributed by atoms with van der Waals surface area (Å²) in [6, 6.07) is 0. The molecule has 0 atom stereocenters. The average Bonchev–Trinajstić information content (AvgIpc) is 3.25. The molecule has 0 aromatic carbocycles. The number of imidazole rings is 1. The molecule has 0 spiro atoms. The van der Waals surface area contributed by atoms with Gasteiger partial charge in [0.1, 0.15) is 11.5 Å². The third kappa shape index (κ3) is 5.00. The molecule has 1 aromatic heterocycles. The van der Waals surface area contributed by atoms with E-state index in [4.69, 9.17) is 0 Å². The summed E-state index contributed by atoms with van der Waals surface area (Å²) in [6.07, 6.45) is 13.9. The summed E-state index contributed by atoms with van der Waals surface area (Å²) in [6.45, 7) is 5.82. The molecule has 22 heavy (non-hydrogen) atoms. The van der Waals surface area contributed by atoms with Crippen LogP contribution in [-0.2, 0) is 13.0 Å². The minimum absolute atomic E-state index is 0.0244. The molecule has 1 saturated carbocycles. The number of rotatable bonds is 10. The Morgan fingerprint density at radius 2 is 2.32 bits per heavy atom. The second-order valence-electron chi connectivity index (χ2n) is 6.16. The maximum atomic E-state index is 12.4. The molecule has 1 heterocycles. The standard InChI is InChI=1S/C18H29N3O/c1-3-5-7-13-21-16(14-20-17(21)8-6-4-2)18(22)19-12-11-15-9-10-15/h3,5,14-15H,4,6-13H2,1-2H3,(H,19,22)/b5-3-. The molecule has 0 unspecified atom stereocenters. The van der Waals surface area contributed by atoms with Gasteiger partial charge in [0.25, 0.3) is 5.91 Å². The zero-order valence-corrected chi connectivity index (χ0v) is 14.0. The lowest BCUT2D eigenvalue weighted by atomic mass is 10.2. The Kier molecular flexibility index (Phi) is 6.69. The van der Waals surface area contributed by atoms with Gasteiger partial charge in [0.2, 0.25) is 0 Å². The molecule has 4 heteroatoms. The lowest BCUT2D eigenvalue weighted by Crippen LogP contribution is -2.27. The van der Waals surface area contributed by atoms with Gasteiger partial charge in [-0.15, -0.1) is 0 Å². The molecule has 1 aliphatic rings. The van der Waals surface area contributed by atoms with E-state index in [2.05, 4.69) is 33.9 Å². The average molecular weight is 303 g/mol. The molecule has 2 rings (SSSR count). The SMILES string of the molecule is C/C=C\CCn1c(C(=O)NCCC2CC2)cnc1CCCC. The minimum atomic E-state index is 0.0244. The molecule has 1 aliphatic carbocycles. The van der Waals surface area contributed by atoms with Crippen molar-refractivity contribution in [2.24, 2.45) is 5.92 Å². The molecular formula is C18H29N3O. The predicted octanol–water partition coefficient (Wildman–Crippen LogP) is 3.72. The highest BCUT2D eigenvalue weighted by molar-refractivity contribution is 5.92. The van der Waals surface area contributed by atoms with Crippen molar-refractivity contribution in [3.05, 3.63) is 29.9 Å². The van der Waals surface area contributed by atoms with Crippen LogP contribution in [0.5, 0.6) is 0 Å². The summed E-state index contributed by atoms with van der Waals surface area (Å²) < 4.78 is 2.10. The number of amides is 1. The highest BCUT2D eigenvalue weighted by atomic mass is 16.1. The van der Waals surface area contributed by atoms with Crippen molar-refractivity contribution < 1.29 is 4.79 Å². The molecule has 0 radical (unpaired) electrons. The Morgan fingerprint density at radius 1 is 1.50 bits per heavy atom. The fourth-order valence-corrected chi connectivity index (χ4v) is 2.64. The van der Waals surface area contributed by atoms with Gasteiger partial charge in [-0.25, -0.2) is 4.98 Å². The number of nitrogens with zero attached hydrogens (tertiary/aromatic N) is 2. The van der Waals surface area contributed by atoms with E-state index < -0.39 is 0 Å². The number of carbonyl (C=O) groups is 1. The van der Waals surface area contributed by atoms with Gasteiger partial charge < -0.3 is 9.88 Å². The highest BCUT2D eigenvalue weighted by Crippen LogP contribution is 2.31. The first-order chi connectivity index (χ1) is 10.8. The Labute approximate surface area is 134 Å². The Bertz CT molecular complexity index is 500. The van der Waals surface area contributed by atoms with Crippen LogP contribution in [-0.4, -0.2) is 22.0 Å². The highest BCUT2D eigenvalue weighted by Gasteiger charge is 2.21. The summed E-state index contributed by atoms with van der Waals surface area (Å²) in [5, 5.41) is 3.05. The van der Waals surface area contributed by atoms with Crippen molar-refractivity contribution in [2.45, 2.75) is 65.3 Å². The number of aromatic nitrogens is 2. The normalized spacial score (nSPS) is 14.6. The van der Waals surface area contributed by atoms with E-state index in [-0.39, 0.29) is 5.91 Å². The minimum Gasteiger partial charge on any atom is -0.351 e. The van der Waals surface area contributed by atoms with Crippen LogP contribution in [0.4, 0.5) is 0 Å². The van der Waals surface area contributed by atoms with Crippen molar-refractivity contribution in [2.75, 3.05) is 6.54 Å². The molecule has 1 N–H and O–H groups in total. The zero-order valence-electron chi connectivity index (χ0n) is 14.0. The first kappa shape index (κ1) is 16.8. The van der Waals surface area contributed by atoms with Crippen molar-refractivity contribution in [3.63, 3.8) is 0 Å². The lowest BCUT2D eigenvalue weighted by Gasteiger charge is -2.11. The van der Waals surface area contributed by atoms with E-state index in [1.807, 2.05) is 6.92 Å². The largest absolute Gasteiger partial charge is 0.351 e. The first-order valence-electron chi connectivity index (χ1n) is 8.70. The van der Waals surface area contributed by atoms with Gasteiger partial charge >= 0.3 is 0 Å².